The molecule has 1 N–H and O–H groups in total. The number of H-pyrrole nitrogens is 1. The molecular formula is C30H28BrN3O2. The van der Waals surface area contributed by atoms with E-state index in [0.29, 0.717) is 42.5 Å². The van der Waals surface area contributed by atoms with Gasteiger partial charge in [-0.25, -0.2) is 4.98 Å². The van der Waals surface area contributed by atoms with Crippen LogP contribution in [0.2, 0.25) is 0 Å². The molecule has 4 rings (SSSR count). The number of halogens is 1. The molecular weight excluding hydrogens is 514 g/mol. The minimum absolute atomic E-state index is 0.411. The summed E-state index contributed by atoms with van der Waals surface area (Å²) in [6.07, 6.45) is 4.26. The van der Waals surface area contributed by atoms with Crippen molar-refractivity contribution in [3.63, 3.8) is 0 Å². The molecule has 5 nitrogen and oxygen atoms in total. The molecule has 0 aliphatic rings. The molecule has 0 unspecified atom stereocenters. The number of nitrogens with one attached hydrogen (secondary N) is 1. The van der Waals surface area contributed by atoms with Gasteiger partial charge in [0.05, 0.1) is 23.2 Å². The lowest BCUT2D eigenvalue weighted by atomic mass is 10.0. The highest BCUT2D eigenvalue weighted by Crippen LogP contribution is 2.36. The van der Waals surface area contributed by atoms with Crippen LogP contribution >= 0.6 is 15.9 Å². The van der Waals surface area contributed by atoms with Gasteiger partial charge in [-0.05, 0) is 91.9 Å². The van der Waals surface area contributed by atoms with Gasteiger partial charge in [-0.15, -0.1) is 6.58 Å². The number of hydrogen-bond donors (Lipinski definition) is 1. The van der Waals surface area contributed by atoms with Gasteiger partial charge in [0.1, 0.15) is 18.5 Å². The topological polar surface area (TPSA) is 70.9 Å². The van der Waals surface area contributed by atoms with Gasteiger partial charge in [0, 0.05) is 10.0 Å². The molecule has 0 bridgehead atoms. The number of nitrogens with zero attached hydrogens (tertiary/aromatic N) is 2. The number of fused-ring (bicyclic) bond motifs is 1. The average molecular weight is 542 g/mol. The monoisotopic (exact) mass is 541 g/mol. The summed E-state index contributed by atoms with van der Waals surface area (Å²) < 4.78 is 13.2. The molecule has 0 aliphatic carbocycles. The average Bonchev–Trinajstić information content (AvgIpc) is 3.26. The molecule has 1 heterocycles. The number of allylic oxidation sites excluding steroid dienone is 2. The van der Waals surface area contributed by atoms with Crippen LogP contribution in [-0.2, 0) is 13.0 Å². The Kier molecular flexibility index (Phi) is 7.92. The zero-order valence-electron chi connectivity index (χ0n) is 20.7. The third-order valence-electron chi connectivity index (χ3n) is 5.90. The second-order valence-corrected chi connectivity index (χ2v) is 9.47. The van der Waals surface area contributed by atoms with Crippen LogP contribution in [0.1, 0.15) is 40.6 Å². The highest BCUT2D eigenvalue weighted by atomic mass is 79.9. The van der Waals surface area contributed by atoms with Gasteiger partial charge in [0.15, 0.2) is 11.5 Å². The largest absolute Gasteiger partial charge is 0.490 e. The first-order valence-electron chi connectivity index (χ1n) is 11.8. The Hall–Kier alpha value is -3.82. The number of aryl methyl sites for hydroxylation is 2. The standard InChI is InChI=1S/C30H28BrN3O2/c1-5-7-23-14-22(15-24(17-32)30-33-26-12-19(3)20(4)13-27(26)34-30)16-28(35-6-2)29(23)36-18-21-8-10-25(31)11-9-21/h5,8-16H,1,6-7,18H2,2-4H3,(H,33,34)/b24-15-. The number of benzene rings is 3. The molecule has 0 saturated carbocycles. The minimum atomic E-state index is 0.411. The molecule has 0 spiro atoms. The first kappa shape index (κ1) is 25.3. The van der Waals surface area contributed by atoms with Crippen LogP contribution in [-0.4, -0.2) is 16.6 Å². The van der Waals surface area contributed by atoms with Crippen LogP contribution in [0.4, 0.5) is 0 Å². The van der Waals surface area contributed by atoms with Crippen molar-refractivity contribution in [1.82, 2.24) is 9.97 Å². The molecule has 1 aromatic heterocycles. The first-order valence-corrected chi connectivity index (χ1v) is 12.6. The van der Waals surface area contributed by atoms with Crippen molar-refractivity contribution < 1.29 is 9.47 Å². The van der Waals surface area contributed by atoms with Crippen molar-refractivity contribution >= 4 is 38.6 Å². The lowest BCUT2D eigenvalue weighted by molar-refractivity contribution is 0.267. The second kappa shape index (κ2) is 11.3. The van der Waals surface area contributed by atoms with E-state index < -0.39 is 0 Å². The van der Waals surface area contributed by atoms with Crippen molar-refractivity contribution in [2.75, 3.05) is 6.61 Å². The van der Waals surface area contributed by atoms with Crippen LogP contribution in [0.25, 0.3) is 22.7 Å². The summed E-state index contributed by atoms with van der Waals surface area (Å²) in [6, 6.07) is 18.3. The van der Waals surface area contributed by atoms with Crippen molar-refractivity contribution in [2.45, 2.75) is 33.8 Å². The molecule has 36 heavy (non-hydrogen) atoms. The fraction of sp³-hybridized carbons (Fsp3) is 0.200. The maximum absolute atomic E-state index is 9.95. The highest BCUT2D eigenvalue weighted by molar-refractivity contribution is 9.10. The molecule has 0 aliphatic heterocycles. The fourth-order valence-electron chi connectivity index (χ4n) is 3.95. The van der Waals surface area contributed by atoms with Crippen LogP contribution in [0.15, 0.2) is 65.7 Å². The van der Waals surface area contributed by atoms with Gasteiger partial charge in [0.25, 0.3) is 0 Å². The summed E-state index contributed by atoms with van der Waals surface area (Å²) in [4.78, 5) is 7.96. The Labute approximate surface area is 220 Å². The normalized spacial score (nSPS) is 11.4. The van der Waals surface area contributed by atoms with Crippen LogP contribution < -0.4 is 9.47 Å². The van der Waals surface area contributed by atoms with Crippen LogP contribution in [0, 0.1) is 25.2 Å². The molecule has 3 aromatic carbocycles. The number of aromatic nitrogens is 2. The smallest absolute Gasteiger partial charge is 0.165 e. The van der Waals surface area contributed by atoms with Crippen molar-refractivity contribution in [3.8, 4) is 17.6 Å². The van der Waals surface area contributed by atoms with Crippen LogP contribution in [0.3, 0.4) is 0 Å². The summed E-state index contributed by atoms with van der Waals surface area (Å²) in [5.74, 6) is 1.86. The molecule has 0 saturated heterocycles. The number of hydrogen-bond acceptors (Lipinski definition) is 4. The summed E-state index contributed by atoms with van der Waals surface area (Å²) in [5.41, 5.74) is 7.35. The molecule has 182 valence electrons. The van der Waals surface area contributed by atoms with Gasteiger partial charge in [-0.3, -0.25) is 0 Å². The quantitative estimate of drug-likeness (QED) is 0.174. The third-order valence-corrected chi connectivity index (χ3v) is 6.43. The first-order chi connectivity index (χ1) is 17.4. The zero-order chi connectivity index (χ0) is 25.7. The lowest BCUT2D eigenvalue weighted by Crippen LogP contribution is -2.03. The maximum atomic E-state index is 9.95. The summed E-state index contributed by atoms with van der Waals surface area (Å²) in [5, 5.41) is 9.95. The summed E-state index contributed by atoms with van der Waals surface area (Å²) in [7, 11) is 0. The van der Waals surface area contributed by atoms with Gasteiger partial charge in [0.2, 0.25) is 0 Å². The molecule has 0 radical (unpaired) electrons. The second-order valence-electron chi connectivity index (χ2n) is 8.56. The number of imidazole rings is 1. The number of aromatic amines is 1. The van der Waals surface area contributed by atoms with Crippen molar-refractivity contribution in [1.29, 1.82) is 5.26 Å². The van der Waals surface area contributed by atoms with E-state index in [1.807, 2.05) is 61.5 Å². The van der Waals surface area contributed by atoms with Gasteiger partial charge in [-0.1, -0.05) is 34.1 Å². The molecule has 0 atom stereocenters. The third kappa shape index (κ3) is 5.69. The SMILES string of the molecule is C=CCc1cc(/C=C(/C#N)c2nc3cc(C)c(C)cc3[nH]2)cc(OCC)c1OCc1ccc(Br)cc1. The zero-order valence-corrected chi connectivity index (χ0v) is 22.3. The van der Waals surface area contributed by atoms with Crippen LogP contribution in [0.5, 0.6) is 11.5 Å². The maximum Gasteiger partial charge on any atom is 0.165 e. The van der Waals surface area contributed by atoms with E-state index in [-0.39, 0.29) is 0 Å². The number of rotatable bonds is 9. The Bertz CT molecular complexity index is 1440. The highest BCUT2D eigenvalue weighted by Gasteiger charge is 2.15. The molecule has 0 fully saturated rings. The van der Waals surface area contributed by atoms with Crippen molar-refractivity contribution in [2.24, 2.45) is 0 Å². The van der Waals surface area contributed by atoms with E-state index in [9.17, 15) is 5.26 Å². The number of nitriles is 1. The number of ether oxygens (including phenoxy) is 2. The van der Waals surface area contributed by atoms with Gasteiger partial charge < -0.3 is 14.5 Å². The Morgan fingerprint density at radius 1 is 1.11 bits per heavy atom. The predicted octanol–water partition coefficient (Wildman–Crippen LogP) is 7.71. The van der Waals surface area contributed by atoms with E-state index in [0.717, 1.165) is 37.8 Å². The Morgan fingerprint density at radius 3 is 2.56 bits per heavy atom. The Morgan fingerprint density at radius 2 is 1.86 bits per heavy atom. The van der Waals surface area contributed by atoms with E-state index in [2.05, 4.69) is 58.5 Å². The van der Waals surface area contributed by atoms with Crippen molar-refractivity contribution in [3.05, 3.63) is 99.3 Å². The van der Waals surface area contributed by atoms with E-state index in [4.69, 9.17) is 9.47 Å². The predicted molar refractivity (Wildman–Crippen MR) is 149 cm³/mol. The van der Waals surface area contributed by atoms with Gasteiger partial charge >= 0.3 is 0 Å². The van der Waals surface area contributed by atoms with E-state index >= 15 is 0 Å². The summed E-state index contributed by atoms with van der Waals surface area (Å²) >= 11 is 3.47. The molecule has 0 amide bonds. The van der Waals surface area contributed by atoms with Gasteiger partial charge in [-0.2, -0.15) is 5.26 Å². The Balaban J connectivity index is 1.72. The van der Waals surface area contributed by atoms with E-state index in [1.165, 1.54) is 5.56 Å². The fourth-order valence-corrected chi connectivity index (χ4v) is 4.22. The lowest BCUT2D eigenvalue weighted by Gasteiger charge is -2.17. The molecule has 6 heteroatoms. The van der Waals surface area contributed by atoms with E-state index in [1.54, 1.807) is 0 Å². The molecule has 4 aromatic rings. The summed E-state index contributed by atoms with van der Waals surface area (Å²) in [6.45, 7) is 10.9. The minimum Gasteiger partial charge on any atom is -0.490 e.